The Morgan fingerprint density at radius 2 is 1.79 bits per heavy atom. The van der Waals surface area contributed by atoms with Crippen LogP contribution in [0.2, 0.25) is 0 Å². The van der Waals surface area contributed by atoms with Crippen molar-refractivity contribution in [1.82, 2.24) is 5.32 Å². The highest BCUT2D eigenvalue weighted by Gasteiger charge is 2.09. The van der Waals surface area contributed by atoms with Crippen molar-refractivity contribution in [2.24, 2.45) is 0 Å². The second-order valence-electron chi connectivity index (χ2n) is 4.06. The van der Waals surface area contributed by atoms with Gasteiger partial charge in [0, 0.05) is 11.4 Å². The van der Waals surface area contributed by atoms with Gasteiger partial charge in [-0.2, -0.15) is 0 Å². The number of hydrogen-bond acceptors (Lipinski definition) is 2. The van der Waals surface area contributed by atoms with Gasteiger partial charge in [0.2, 0.25) is 0 Å². The highest BCUT2D eigenvalue weighted by molar-refractivity contribution is 7.99. The first-order valence-electron chi connectivity index (χ1n) is 6.12. The Morgan fingerprint density at radius 3 is 2.47 bits per heavy atom. The van der Waals surface area contributed by atoms with E-state index < -0.39 is 0 Å². The number of halogens is 2. The molecule has 4 heteroatoms. The van der Waals surface area contributed by atoms with E-state index in [1.54, 1.807) is 18.2 Å². The minimum Gasteiger partial charge on any atom is -0.313 e. The van der Waals surface area contributed by atoms with E-state index in [4.69, 9.17) is 0 Å². The average Bonchev–Trinajstić information content (AvgIpc) is 2.42. The standard InChI is InChI=1S/C15H15F2NS/c1-2-18-10-11-4-3-5-14(17)15(11)19-13-8-6-12(16)7-9-13/h3-9,18H,2,10H2,1H3. The molecule has 0 unspecified atom stereocenters. The lowest BCUT2D eigenvalue weighted by atomic mass is 10.2. The van der Waals surface area contributed by atoms with Crippen LogP contribution in [0, 0.1) is 11.6 Å². The summed E-state index contributed by atoms with van der Waals surface area (Å²) in [7, 11) is 0. The van der Waals surface area contributed by atoms with Gasteiger partial charge in [0.1, 0.15) is 11.6 Å². The largest absolute Gasteiger partial charge is 0.313 e. The maximum absolute atomic E-state index is 13.9. The molecule has 0 heterocycles. The molecule has 0 aliphatic rings. The van der Waals surface area contributed by atoms with E-state index >= 15 is 0 Å². The first-order valence-corrected chi connectivity index (χ1v) is 6.94. The first kappa shape index (κ1) is 14.0. The minimum atomic E-state index is -0.286. The molecule has 1 nitrogen and oxygen atoms in total. The third-order valence-corrected chi connectivity index (χ3v) is 3.82. The predicted molar refractivity (Wildman–Crippen MR) is 74.3 cm³/mol. The number of nitrogens with one attached hydrogen (secondary N) is 1. The molecular formula is C15H15F2NS. The van der Waals surface area contributed by atoms with Crippen LogP contribution in [0.25, 0.3) is 0 Å². The zero-order chi connectivity index (χ0) is 13.7. The molecule has 0 atom stereocenters. The molecule has 0 saturated carbocycles. The Morgan fingerprint density at radius 1 is 1.05 bits per heavy atom. The SMILES string of the molecule is CCNCc1cccc(F)c1Sc1ccc(F)cc1. The molecule has 0 spiro atoms. The van der Waals surface area contributed by atoms with Gasteiger partial charge in [-0.25, -0.2) is 8.78 Å². The molecule has 2 rings (SSSR count). The lowest BCUT2D eigenvalue weighted by Crippen LogP contribution is -2.12. The van der Waals surface area contributed by atoms with Gasteiger partial charge < -0.3 is 5.32 Å². The molecule has 0 aliphatic heterocycles. The Labute approximate surface area is 116 Å². The highest BCUT2D eigenvalue weighted by Crippen LogP contribution is 2.32. The van der Waals surface area contributed by atoms with Crippen molar-refractivity contribution in [1.29, 1.82) is 0 Å². The van der Waals surface area contributed by atoms with Crippen LogP contribution in [0.15, 0.2) is 52.3 Å². The van der Waals surface area contributed by atoms with Gasteiger partial charge in [0.05, 0.1) is 4.90 Å². The summed E-state index contributed by atoms with van der Waals surface area (Å²) < 4.78 is 26.8. The smallest absolute Gasteiger partial charge is 0.137 e. The third kappa shape index (κ3) is 3.78. The van der Waals surface area contributed by atoms with Crippen molar-refractivity contribution in [3.8, 4) is 0 Å². The Bertz CT molecular complexity index is 540. The quantitative estimate of drug-likeness (QED) is 0.879. The molecule has 2 aromatic rings. The Kier molecular flexibility index (Phi) is 4.93. The second kappa shape index (κ2) is 6.68. The molecule has 0 amide bonds. The maximum Gasteiger partial charge on any atom is 0.137 e. The van der Waals surface area contributed by atoms with Gasteiger partial charge in [-0.05, 0) is 42.4 Å². The van der Waals surface area contributed by atoms with Gasteiger partial charge in [0.15, 0.2) is 0 Å². The van der Waals surface area contributed by atoms with Gasteiger partial charge in [-0.1, -0.05) is 30.8 Å². The van der Waals surface area contributed by atoms with Gasteiger partial charge in [-0.15, -0.1) is 0 Å². The Balaban J connectivity index is 2.25. The fraction of sp³-hybridized carbons (Fsp3) is 0.200. The molecule has 2 aromatic carbocycles. The van der Waals surface area contributed by atoms with Crippen molar-refractivity contribution in [2.75, 3.05) is 6.54 Å². The molecule has 0 saturated heterocycles. The van der Waals surface area contributed by atoms with Crippen LogP contribution in [0.4, 0.5) is 8.78 Å². The fourth-order valence-electron chi connectivity index (χ4n) is 1.69. The van der Waals surface area contributed by atoms with Crippen molar-refractivity contribution >= 4 is 11.8 Å². The molecule has 0 fully saturated rings. The lowest BCUT2D eigenvalue weighted by molar-refractivity contribution is 0.591. The van der Waals surface area contributed by atoms with Crippen LogP contribution in [-0.2, 0) is 6.54 Å². The molecule has 0 radical (unpaired) electrons. The van der Waals surface area contributed by atoms with Crippen LogP contribution < -0.4 is 5.32 Å². The van der Waals surface area contributed by atoms with E-state index in [0.29, 0.717) is 11.4 Å². The van der Waals surface area contributed by atoms with Crippen LogP contribution in [0.1, 0.15) is 12.5 Å². The normalized spacial score (nSPS) is 10.7. The van der Waals surface area contributed by atoms with E-state index in [1.165, 1.54) is 30.0 Å². The number of benzene rings is 2. The van der Waals surface area contributed by atoms with Gasteiger partial charge >= 0.3 is 0 Å². The zero-order valence-corrected chi connectivity index (χ0v) is 11.4. The molecule has 0 bridgehead atoms. The van der Waals surface area contributed by atoms with Crippen molar-refractivity contribution in [2.45, 2.75) is 23.3 Å². The lowest BCUT2D eigenvalue weighted by Gasteiger charge is -2.10. The fourth-order valence-corrected chi connectivity index (χ4v) is 2.63. The summed E-state index contributed by atoms with van der Waals surface area (Å²) in [6, 6.07) is 11.1. The number of rotatable bonds is 5. The van der Waals surface area contributed by atoms with Gasteiger partial charge in [-0.3, -0.25) is 0 Å². The van der Waals surface area contributed by atoms with Crippen LogP contribution in [0.3, 0.4) is 0 Å². The predicted octanol–water partition coefficient (Wildman–Crippen LogP) is 4.23. The maximum atomic E-state index is 13.9. The molecule has 19 heavy (non-hydrogen) atoms. The minimum absolute atomic E-state index is 0.246. The average molecular weight is 279 g/mol. The molecular weight excluding hydrogens is 264 g/mol. The van der Waals surface area contributed by atoms with E-state index in [2.05, 4.69) is 5.32 Å². The summed E-state index contributed by atoms with van der Waals surface area (Å²) >= 11 is 1.32. The summed E-state index contributed by atoms with van der Waals surface area (Å²) in [5.74, 6) is -0.532. The summed E-state index contributed by atoms with van der Waals surface area (Å²) in [6.45, 7) is 3.46. The van der Waals surface area contributed by atoms with E-state index in [1.807, 2.05) is 13.0 Å². The van der Waals surface area contributed by atoms with E-state index in [9.17, 15) is 8.78 Å². The first-order chi connectivity index (χ1) is 9.20. The van der Waals surface area contributed by atoms with E-state index in [-0.39, 0.29) is 11.6 Å². The monoisotopic (exact) mass is 279 g/mol. The van der Waals surface area contributed by atoms with Crippen LogP contribution in [-0.4, -0.2) is 6.54 Å². The molecule has 0 aliphatic carbocycles. The van der Waals surface area contributed by atoms with Gasteiger partial charge in [0.25, 0.3) is 0 Å². The van der Waals surface area contributed by atoms with Crippen molar-refractivity contribution in [3.05, 3.63) is 59.7 Å². The highest BCUT2D eigenvalue weighted by atomic mass is 32.2. The zero-order valence-electron chi connectivity index (χ0n) is 10.6. The van der Waals surface area contributed by atoms with Crippen LogP contribution in [0.5, 0.6) is 0 Å². The van der Waals surface area contributed by atoms with E-state index in [0.717, 1.165) is 17.0 Å². The van der Waals surface area contributed by atoms with Crippen LogP contribution >= 0.6 is 11.8 Å². The van der Waals surface area contributed by atoms with Crippen molar-refractivity contribution in [3.63, 3.8) is 0 Å². The molecule has 0 aromatic heterocycles. The summed E-state index contributed by atoms with van der Waals surface area (Å²) in [6.07, 6.45) is 0. The number of hydrogen-bond donors (Lipinski definition) is 1. The summed E-state index contributed by atoms with van der Waals surface area (Å²) in [4.78, 5) is 1.42. The Hall–Kier alpha value is -1.39. The summed E-state index contributed by atoms with van der Waals surface area (Å²) in [5.41, 5.74) is 0.913. The third-order valence-electron chi connectivity index (χ3n) is 2.65. The van der Waals surface area contributed by atoms with Crippen molar-refractivity contribution < 1.29 is 8.78 Å². The topological polar surface area (TPSA) is 12.0 Å². The second-order valence-corrected chi connectivity index (χ2v) is 5.15. The summed E-state index contributed by atoms with van der Waals surface area (Å²) in [5, 5.41) is 3.19. The molecule has 1 N–H and O–H groups in total. The molecule has 100 valence electrons.